The van der Waals surface area contributed by atoms with Crippen molar-refractivity contribution in [1.29, 1.82) is 0 Å². The average molecular weight is 294 g/mol. The Balaban J connectivity index is 2.13. The number of benzene rings is 1. The van der Waals surface area contributed by atoms with Crippen LogP contribution in [-0.4, -0.2) is 16.9 Å². The molecule has 21 heavy (non-hydrogen) atoms. The first kappa shape index (κ1) is 15.4. The van der Waals surface area contributed by atoms with E-state index in [9.17, 15) is 19.3 Å². The van der Waals surface area contributed by atoms with Crippen molar-refractivity contribution in [3.8, 4) is 0 Å². The normalized spacial score (nSPS) is 25.4. The summed E-state index contributed by atoms with van der Waals surface area (Å²) in [6.45, 7) is 4.24. The van der Waals surface area contributed by atoms with E-state index in [1.54, 1.807) is 0 Å². The van der Waals surface area contributed by atoms with Gasteiger partial charge in [0.1, 0.15) is 5.82 Å². The minimum Gasteiger partial charge on any atom is -0.349 e. The van der Waals surface area contributed by atoms with Crippen molar-refractivity contribution in [2.45, 2.75) is 39.2 Å². The Hall–Kier alpha value is -1.98. The summed E-state index contributed by atoms with van der Waals surface area (Å²) in [6, 6.07) is 2.99. The highest BCUT2D eigenvalue weighted by Crippen LogP contribution is 2.29. The largest absolute Gasteiger partial charge is 0.349 e. The number of amides is 1. The number of halogens is 1. The van der Waals surface area contributed by atoms with Crippen LogP contribution in [0.1, 0.15) is 43.5 Å². The zero-order chi connectivity index (χ0) is 15.6. The summed E-state index contributed by atoms with van der Waals surface area (Å²) in [4.78, 5) is 22.2. The van der Waals surface area contributed by atoms with Crippen molar-refractivity contribution < 1.29 is 14.1 Å². The molecule has 0 aromatic heterocycles. The van der Waals surface area contributed by atoms with Crippen LogP contribution < -0.4 is 5.32 Å². The summed E-state index contributed by atoms with van der Waals surface area (Å²) in [5, 5.41) is 13.5. The van der Waals surface area contributed by atoms with Crippen molar-refractivity contribution in [3.63, 3.8) is 0 Å². The summed E-state index contributed by atoms with van der Waals surface area (Å²) in [5.74, 6) is -0.375. The molecule has 1 aliphatic carbocycles. The molecule has 0 saturated heterocycles. The van der Waals surface area contributed by atoms with Gasteiger partial charge in [-0.05, 0) is 37.2 Å². The molecule has 3 atom stereocenters. The summed E-state index contributed by atoms with van der Waals surface area (Å²) in [7, 11) is 0. The van der Waals surface area contributed by atoms with Gasteiger partial charge >= 0.3 is 0 Å². The lowest BCUT2D eigenvalue weighted by Crippen LogP contribution is -2.42. The molecular formula is C15H19FN2O3. The molecule has 0 heterocycles. The van der Waals surface area contributed by atoms with Gasteiger partial charge in [0, 0.05) is 18.2 Å². The molecule has 0 spiro atoms. The number of nitrogens with one attached hydrogen (secondary N) is 1. The van der Waals surface area contributed by atoms with Crippen molar-refractivity contribution in [3.05, 3.63) is 39.7 Å². The molecule has 1 fully saturated rings. The number of carbonyl (C=O) groups is 1. The van der Waals surface area contributed by atoms with Crippen LogP contribution >= 0.6 is 0 Å². The van der Waals surface area contributed by atoms with E-state index < -0.39 is 16.6 Å². The molecule has 1 N–H and O–H groups in total. The number of non-ortho nitro benzene ring substituents is 1. The lowest BCUT2D eigenvalue weighted by Gasteiger charge is -2.33. The van der Waals surface area contributed by atoms with E-state index >= 15 is 0 Å². The van der Waals surface area contributed by atoms with E-state index in [1.165, 1.54) is 0 Å². The number of hydrogen-bond donors (Lipinski definition) is 1. The van der Waals surface area contributed by atoms with Crippen LogP contribution in [0.5, 0.6) is 0 Å². The Bertz CT molecular complexity index is 562. The lowest BCUT2D eigenvalue weighted by atomic mass is 9.80. The Morgan fingerprint density at radius 1 is 1.38 bits per heavy atom. The van der Waals surface area contributed by atoms with E-state index in [0.717, 1.165) is 37.5 Å². The molecular weight excluding hydrogens is 275 g/mol. The fourth-order valence-electron chi connectivity index (χ4n) is 2.93. The number of nitro groups is 1. The number of carbonyl (C=O) groups excluding carboxylic acids is 1. The van der Waals surface area contributed by atoms with Crippen LogP contribution in [0, 0.1) is 27.8 Å². The Kier molecular flexibility index (Phi) is 4.55. The summed E-state index contributed by atoms with van der Waals surface area (Å²) in [5.41, 5.74) is -0.554. The Labute approximate surface area is 122 Å². The summed E-state index contributed by atoms with van der Waals surface area (Å²) in [6.07, 6.45) is 2.89. The second-order valence-corrected chi connectivity index (χ2v) is 5.90. The molecule has 6 heteroatoms. The number of hydrogen-bond acceptors (Lipinski definition) is 3. The molecule has 0 radical (unpaired) electrons. The molecule has 114 valence electrons. The second-order valence-electron chi connectivity index (χ2n) is 5.90. The zero-order valence-corrected chi connectivity index (χ0v) is 12.1. The maximum atomic E-state index is 13.7. The van der Waals surface area contributed by atoms with Crippen LogP contribution in [0.3, 0.4) is 0 Å². The number of rotatable bonds is 3. The van der Waals surface area contributed by atoms with Gasteiger partial charge in [-0.2, -0.15) is 0 Å². The second kappa shape index (κ2) is 6.20. The highest BCUT2D eigenvalue weighted by molar-refractivity contribution is 5.95. The maximum Gasteiger partial charge on any atom is 0.270 e. The minimum absolute atomic E-state index is 0.00707. The molecule has 1 saturated carbocycles. The van der Waals surface area contributed by atoms with Gasteiger partial charge < -0.3 is 5.32 Å². The van der Waals surface area contributed by atoms with Crippen molar-refractivity contribution in [2.24, 2.45) is 11.8 Å². The molecule has 5 nitrogen and oxygen atoms in total. The van der Waals surface area contributed by atoms with Crippen LogP contribution in [0.2, 0.25) is 0 Å². The predicted molar refractivity (Wildman–Crippen MR) is 76.5 cm³/mol. The fraction of sp³-hybridized carbons (Fsp3) is 0.533. The molecule has 1 amide bonds. The van der Waals surface area contributed by atoms with Crippen LogP contribution in [0.25, 0.3) is 0 Å². The molecule has 2 rings (SSSR count). The molecule has 3 unspecified atom stereocenters. The van der Waals surface area contributed by atoms with Gasteiger partial charge in [-0.3, -0.25) is 14.9 Å². The maximum absolute atomic E-state index is 13.7. The highest BCUT2D eigenvalue weighted by Gasteiger charge is 2.28. The highest BCUT2D eigenvalue weighted by atomic mass is 19.1. The van der Waals surface area contributed by atoms with Crippen LogP contribution in [0.15, 0.2) is 18.2 Å². The standard InChI is InChI=1S/C15H19FN2O3/c1-9-3-6-14(10(2)7-9)17-15(19)12-8-11(18(20)21)4-5-13(12)16/h4-5,8-10,14H,3,6-7H2,1-2H3,(H,17,19). The number of nitro benzene ring substituents is 1. The van der Waals surface area contributed by atoms with Gasteiger partial charge in [-0.1, -0.05) is 13.8 Å². The van der Waals surface area contributed by atoms with Crippen LogP contribution in [-0.2, 0) is 0 Å². The molecule has 1 aromatic rings. The van der Waals surface area contributed by atoms with Gasteiger partial charge in [0.25, 0.3) is 11.6 Å². The third kappa shape index (κ3) is 3.56. The van der Waals surface area contributed by atoms with E-state index in [1.807, 2.05) is 0 Å². The predicted octanol–water partition coefficient (Wildman–Crippen LogP) is 3.29. The topological polar surface area (TPSA) is 72.2 Å². The molecule has 0 aliphatic heterocycles. The molecule has 1 aliphatic rings. The number of nitrogens with zero attached hydrogens (tertiary/aromatic N) is 1. The van der Waals surface area contributed by atoms with E-state index in [-0.39, 0.29) is 17.3 Å². The first-order chi connectivity index (χ1) is 9.88. The summed E-state index contributed by atoms with van der Waals surface area (Å²) < 4.78 is 13.7. The average Bonchev–Trinajstić information content (AvgIpc) is 2.42. The van der Waals surface area contributed by atoms with Crippen molar-refractivity contribution >= 4 is 11.6 Å². The van der Waals surface area contributed by atoms with Crippen LogP contribution in [0.4, 0.5) is 10.1 Å². The fourth-order valence-corrected chi connectivity index (χ4v) is 2.93. The van der Waals surface area contributed by atoms with Gasteiger partial charge in [0.15, 0.2) is 0 Å². The Morgan fingerprint density at radius 3 is 2.71 bits per heavy atom. The van der Waals surface area contributed by atoms with Crippen molar-refractivity contribution in [1.82, 2.24) is 5.32 Å². The first-order valence-corrected chi connectivity index (χ1v) is 7.13. The Morgan fingerprint density at radius 2 is 2.10 bits per heavy atom. The molecule has 1 aromatic carbocycles. The van der Waals surface area contributed by atoms with Crippen molar-refractivity contribution in [2.75, 3.05) is 0 Å². The summed E-state index contributed by atoms with van der Waals surface area (Å²) >= 11 is 0. The monoisotopic (exact) mass is 294 g/mol. The van der Waals surface area contributed by atoms with E-state index in [2.05, 4.69) is 19.2 Å². The van der Waals surface area contributed by atoms with E-state index in [0.29, 0.717) is 11.8 Å². The van der Waals surface area contributed by atoms with Gasteiger partial charge in [-0.25, -0.2) is 4.39 Å². The SMILES string of the molecule is CC1CCC(NC(=O)c2cc([N+](=O)[O-])ccc2F)C(C)C1. The third-order valence-corrected chi connectivity index (χ3v) is 4.15. The minimum atomic E-state index is -0.741. The third-order valence-electron chi connectivity index (χ3n) is 4.15. The smallest absolute Gasteiger partial charge is 0.270 e. The van der Waals surface area contributed by atoms with E-state index in [4.69, 9.17) is 0 Å². The van der Waals surface area contributed by atoms with Gasteiger partial charge in [0.2, 0.25) is 0 Å². The lowest BCUT2D eigenvalue weighted by molar-refractivity contribution is -0.384. The quantitative estimate of drug-likeness (QED) is 0.686. The van der Waals surface area contributed by atoms with Gasteiger partial charge in [0.05, 0.1) is 10.5 Å². The zero-order valence-electron chi connectivity index (χ0n) is 12.1. The molecule has 0 bridgehead atoms. The van der Waals surface area contributed by atoms with Gasteiger partial charge in [-0.15, -0.1) is 0 Å². The first-order valence-electron chi connectivity index (χ1n) is 7.13.